The molecule has 0 bridgehead atoms. The maximum Gasteiger partial charge on any atom is 0.306 e. The highest BCUT2D eigenvalue weighted by Crippen LogP contribution is 2.38. The molecule has 0 saturated carbocycles. The smallest absolute Gasteiger partial charge is 0.306 e. The minimum atomic E-state index is -4.63. The van der Waals surface area contributed by atoms with Gasteiger partial charge in [-0.15, -0.1) is 0 Å². The number of unbranched alkanes of at least 4 members (excludes halogenated alkanes) is 16. The van der Waals surface area contributed by atoms with Crippen molar-refractivity contribution in [3.63, 3.8) is 0 Å². The summed E-state index contributed by atoms with van der Waals surface area (Å²) in [5.74, 6) is -0.884. The average Bonchev–Trinajstić information content (AvgIpc) is 3.12. The molecule has 0 saturated heterocycles. The lowest BCUT2D eigenvalue weighted by Crippen LogP contribution is -2.37. The fourth-order valence-corrected chi connectivity index (χ4v) is 6.13. The fraction of sp³-hybridized carbons (Fsp3) is 0.773. The van der Waals surface area contributed by atoms with Crippen molar-refractivity contribution in [3.05, 3.63) is 48.6 Å². The zero-order valence-corrected chi connectivity index (χ0v) is 36.0. The first kappa shape index (κ1) is 52.0. The Morgan fingerprint density at radius 2 is 1.02 bits per heavy atom. The van der Waals surface area contributed by atoms with E-state index in [9.17, 15) is 19.0 Å². The van der Waals surface area contributed by atoms with E-state index in [2.05, 4.69) is 62.5 Å². The van der Waals surface area contributed by atoms with E-state index in [1.807, 2.05) is 21.1 Å². The molecule has 0 aromatic heterocycles. The van der Waals surface area contributed by atoms with E-state index in [4.69, 9.17) is 18.5 Å². The Morgan fingerprint density at radius 3 is 1.59 bits per heavy atom. The van der Waals surface area contributed by atoms with E-state index in [1.165, 1.54) is 83.5 Å². The Bertz CT molecular complexity index is 1070. The number of carbonyl (C=O) groups is 2. The molecule has 0 aliphatic rings. The van der Waals surface area contributed by atoms with Gasteiger partial charge in [0.2, 0.25) is 0 Å². The molecule has 0 fully saturated rings. The standard InChI is InChI=1S/C44H80NO8P/c1-6-8-10-12-14-16-18-20-22-24-26-28-30-32-34-36-43(46)50-40-42(41-52-54(48,49)51-39-38-45(3,4)5)53-44(47)37-35-33-31-29-27-25-23-21-19-17-15-13-11-9-7-2/h12,14-15,17,21,23,27,29,42H,6-11,13,16,18-20,22,24-26,28,30-41H2,1-5H3/b14-12+,17-15+,23-21+,29-27+/t42-/m1/s1. The van der Waals surface area contributed by atoms with E-state index in [0.717, 1.165) is 51.4 Å². The van der Waals surface area contributed by atoms with Gasteiger partial charge in [0.05, 0.1) is 27.7 Å². The van der Waals surface area contributed by atoms with E-state index in [-0.39, 0.29) is 26.1 Å². The molecule has 0 aliphatic carbocycles. The second-order valence-corrected chi connectivity index (χ2v) is 16.8. The van der Waals surface area contributed by atoms with Crippen LogP contribution in [0, 0.1) is 0 Å². The number of esters is 2. The van der Waals surface area contributed by atoms with Crippen LogP contribution in [0.2, 0.25) is 0 Å². The monoisotopic (exact) mass is 782 g/mol. The van der Waals surface area contributed by atoms with Crippen molar-refractivity contribution in [3.8, 4) is 0 Å². The number of quaternary nitrogens is 1. The second-order valence-electron chi connectivity index (χ2n) is 15.3. The van der Waals surface area contributed by atoms with Crippen LogP contribution in [0.5, 0.6) is 0 Å². The average molecular weight is 782 g/mol. The molecule has 0 radical (unpaired) electrons. The molecular weight excluding hydrogens is 701 g/mol. The van der Waals surface area contributed by atoms with Gasteiger partial charge in [0, 0.05) is 12.8 Å². The highest BCUT2D eigenvalue weighted by atomic mass is 31.2. The number of phosphoric ester groups is 1. The summed E-state index contributed by atoms with van der Waals surface area (Å²) in [4.78, 5) is 37.5. The van der Waals surface area contributed by atoms with Crippen LogP contribution in [-0.2, 0) is 32.7 Å². The Balaban J connectivity index is 4.45. The zero-order chi connectivity index (χ0) is 40.0. The van der Waals surface area contributed by atoms with Gasteiger partial charge in [-0.3, -0.25) is 14.2 Å². The molecule has 314 valence electrons. The van der Waals surface area contributed by atoms with Gasteiger partial charge < -0.3 is 27.9 Å². The number of allylic oxidation sites excluding steroid dienone is 8. The lowest BCUT2D eigenvalue weighted by molar-refractivity contribution is -0.870. The summed E-state index contributed by atoms with van der Waals surface area (Å²) in [5.41, 5.74) is 0. The van der Waals surface area contributed by atoms with Crippen LogP contribution in [0.1, 0.15) is 168 Å². The number of ether oxygens (including phenoxy) is 2. The topological polar surface area (TPSA) is 111 Å². The van der Waals surface area contributed by atoms with Gasteiger partial charge in [0.15, 0.2) is 6.10 Å². The minimum Gasteiger partial charge on any atom is -0.756 e. The Hall–Kier alpha value is -2.03. The molecule has 54 heavy (non-hydrogen) atoms. The lowest BCUT2D eigenvalue weighted by Gasteiger charge is -2.28. The summed E-state index contributed by atoms with van der Waals surface area (Å²) < 4.78 is 33.8. The van der Waals surface area contributed by atoms with Gasteiger partial charge in [-0.1, -0.05) is 133 Å². The number of nitrogens with zero attached hydrogens (tertiary/aromatic N) is 1. The summed E-state index contributed by atoms with van der Waals surface area (Å²) in [7, 11) is 1.13. The van der Waals surface area contributed by atoms with Crippen molar-refractivity contribution in [2.45, 2.75) is 174 Å². The first-order valence-electron chi connectivity index (χ1n) is 21.3. The van der Waals surface area contributed by atoms with E-state index in [0.29, 0.717) is 17.4 Å². The number of carbonyl (C=O) groups excluding carboxylic acids is 2. The summed E-state index contributed by atoms with van der Waals surface area (Å²) in [5, 5.41) is 0. The molecule has 9 nitrogen and oxygen atoms in total. The van der Waals surface area contributed by atoms with Crippen LogP contribution in [0.25, 0.3) is 0 Å². The summed E-state index contributed by atoms with van der Waals surface area (Å²) in [6.07, 6.45) is 41.4. The van der Waals surface area contributed by atoms with Gasteiger partial charge in [-0.05, 0) is 70.6 Å². The van der Waals surface area contributed by atoms with Gasteiger partial charge in [-0.2, -0.15) is 0 Å². The van der Waals surface area contributed by atoms with Crippen LogP contribution < -0.4 is 4.89 Å². The SMILES string of the molecule is CCCC/C=C/CCCCCCCCCCCC(=O)OC[C@H](COP(=O)([O-])OCC[N+](C)(C)C)OC(=O)CCCC/C=C/C/C=C/C/C=C/CCCCC. The highest BCUT2D eigenvalue weighted by Gasteiger charge is 2.21. The van der Waals surface area contributed by atoms with Crippen LogP contribution in [0.3, 0.4) is 0 Å². The molecule has 0 N–H and O–H groups in total. The molecule has 0 aromatic carbocycles. The molecule has 1 unspecified atom stereocenters. The van der Waals surface area contributed by atoms with E-state index < -0.39 is 32.5 Å². The molecule has 0 aliphatic heterocycles. The van der Waals surface area contributed by atoms with Crippen molar-refractivity contribution < 1.29 is 42.1 Å². The van der Waals surface area contributed by atoms with Gasteiger partial charge in [0.1, 0.15) is 19.8 Å². The summed E-state index contributed by atoms with van der Waals surface area (Å²) in [6.45, 7) is 4.11. The third-order valence-corrected chi connectivity index (χ3v) is 9.79. The van der Waals surface area contributed by atoms with Crippen molar-refractivity contribution in [2.24, 2.45) is 0 Å². The van der Waals surface area contributed by atoms with Crippen molar-refractivity contribution >= 4 is 19.8 Å². The first-order chi connectivity index (χ1) is 26.0. The van der Waals surface area contributed by atoms with Gasteiger partial charge >= 0.3 is 11.9 Å². The normalized spacial score (nSPS) is 14.1. The number of hydrogen-bond acceptors (Lipinski definition) is 8. The third kappa shape index (κ3) is 39.7. The zero-order valence-electron chi connectivity index (χ0n) is 35.2. The maximum absolute atomic E-state index is 12.6. The van der Waals surface area contributed by atoms with Gasteiger partial charge in [0.25, 0.3) is 7.82 Å². The minimum absolute atomic E-state index is 0.0396. The Morgan fingerprint density at radius 1 is 0.574 bits per heavy atom. The maximum atomic E-state index is 12.6. The molecule has 2 atom stereocenters. The first-order valence-corrected chi connectivity index (χ1v) is 22.8. The molecule has 0 amide bonds. The predicted octanol–water partition coefficient (Wildman–Crippen LogP) is 11.3. The van der Waals surface area contributed by atoms with Crippen LogP contribution >= 0.6 is 7.82 Å². The molecule has 0 aromatic rings. The highest BCUT2D eigenvalue weighted by molar-refractivity contribution is 7.45. The number of likely N-dealkylation sites (N-methyl/N-ethyl adjacent to an activating group) is 1. The Kier molecular flexibility index (Phi) is 35.2. The number of hydrogen-bond donors (Lipinski definition) is 0. The molecular formula is C44H80NO8P. The lowest BCUT2D eigenvalue weighted by atomic mass is 10.1. The number of phosphoric acid groups is 1. The Labute approximate surface area is 331 Å². The van der Waals surface area contributed by atoms with E-state index >= 15 is 0 Å². The van der Waals surface area contributed by atoms with Crippen molar-refractivity contribution in [1.82, 2.24) is 0 Å². The summed E-state index contributed by atoms with van der Waals surface area (Å²) in [6, 6.07) is 0. The third-order valence-electron chi connectivity index (χ3n) is 8.82. The van der Waals surface area contributed by atoms with Crippen molar-refractivity contribution in [1.29, 1.82) is 0 Å². The van der Waals surface area contributed by atoms with E-state index in [1.54, 1.807) is 0 Å². The fourth-order valence-electron chi connectivity index (χ4n) is 5.41. The summed E-state index contributed by atoms with van der Waals surface area (Å²) >= 11 is 0. The second kappa shape index (κ2) is 36.6. The predicted molar refractivity (Wildman–Crippen MR) is 222 cm³/mol. The molecule has 0 rings (SSSR count). The molecule has 10 heteroatoms. The van der Waals surface area contributed by atoms with Gasteiger partial charge in [-0.25, -0.2) is 0 Å². The largest absolute Gasteiger partial charge is 0.756 e. The van der Waals surface area contributed by atoms with Crippen LogP contribution in [0.15, 0.2) is 48.6 Å². The molecule has 0 spiro atoms. The van der Waals surface area contributed by atoms with Crippen LogP contribution in [0.4, 0.5) is 0 Å². The van der Waals surface area contributed by atoms with Crippen LogP contribution in [-0.4, -0.2) is 70.0 Å². The van der Waals surface area contributed by atoms with Crippen molar-refractivity contribution in [2.75, 3.05) is 47.5 Å². The molecule has 0 heterocycles. The number of rotatable bonds is 38. The quantitative estimate of drug-likeness (QED) is 0.0200.